The number of para-hydroxylation sites is 1. The second-order valence-corrected chi connectivity index (χ2v) is 8.94. The molecule has 1 aliphatic heterocycles. The molecule has 5 heteroatoms. The van der Waals surface area contributed by atoms with E-state index in [2.05, 4.69) is 46.7 Å². The first-order chi connectivity index (χ1) is 13.6. The molecule has 5 nitrogen and oxygen atoms in total. The molecule has 3 aliphatic rings. The van der Waals surface area contributed by atoms with Crippen molar-refractivity contribution in [3.8, 4) is 0 Å². The van der Waals surface area contributed by atoms with Crippen LogP contribution in [0.15, 0.2) is 24.3 Å². The highest BCUT2D eigenvalue weighted by molar-refractivity contribution is 5.81. The fourth-order valence-electron chi connectivity index (χ4n) is 4.79. The molecule has 1 aromatic carbocycles. The lowest BCUT2D eigenvalue weighted by Crippen LogP contribution is -2.39. The number of nitrogens with one attached hydrogen (secondary N) is 2. The summed E-state index contributed by atoms with van der Waals surface area (Å²) in [4.78, 5) is 26.9. The topological polar surface area (TPSA) is 61.4 Å². The Balaban J connectivity index is 1.12. The molecular weight excluding hydrogens is 350 g/mol. The molecule has 2 saturated carbocycles. The summed E-state index contributed by atoms with van der Waals surface area (Å²) in [5, 5.41) is 6.27. The predicted octanol–water partition coefficient (Wildman–Crippen LogP) is 2.74. The Hall–Kier alpha value is -2.04. The van der Waals surface area contributed by atoms with Crippen LogP contribution in [0.2, 0.25) is 0 Å². The lowest BCUT2D eigenvalue weighted by atomic mass is 9.81. The molecule has 0 spiro atoms. The van der Waals surface area contributed by atoms with Crippen molar-refractivity contribution in [2.45, 2.75) is 45.4 Å². The van der Waals surface area contributed by atoms with Gasteiger partial charge in [0.2, 0.25) is 11.8 Å². The summed E-state index contributed by atoms with van der Waals surface area (Å²) < 4.78 is 0. The Labute approximate surface area is 168 Å². The number of nitrogens with zero attached hydrogens (tertiary/aromatic N) is 1. The molecule has 0 aromatic heterocycles. The third-order valence-electron chi connectivity index (χ3n) is 6.89. The van der Waals surface area contributed by atoms with Crippen molar-refractivity contribution in [2.24, 2.45) is 23.7 Å². The second-order valence-electron chi connectivity index (χ2n) is 8.94. The summed E-state index contributed by atoms with van der Waals surface area (Å²) in [7, 11) is 0. The van der Waals surface area contributed by atoms with Gasteiger partial charge in [-0.3, -0.25) is 9.59 Å². The van der Waals surface area contributed by atoms with Gasteiger partial charge in [0.25, 0.3) is 0 Å². The molecule has 0 radical (unpaired) electrons. The maximum atomic E-state index is 12.5. The van der Waals surface area contributed by atoms with E-state index < -0.39 is 0 Å². The number of hydrogen-bond donors (Lipinski definition) is 2. The number of carbonyl (C=O) groups is 2. The summed E-state index contributed by atoms with van der Waals surface area (Å²) >= 11 is 0. The highest BCUT2D eigenvalue weighted by Gasteiger charge is 2.39. The molecule has 2 N–H and O–H groups in total. The Kier molecular flexibility index (Phi) is 5.88. The van der Waals surface area contributed by atoms with E-state index in [0.717, 1.165) is 58.2 Å². The largest absolute Gasteiger partial charge is 0.369 e. The van der Waals surface area contributed by atoms with Crippen LogP contribution < -0.4 is 15.5 Å². The maximum absolute atomic E-state index is 12.5. The van der Waals surface area contributed by atoms with Crippen LogP contribution in [0.5, 0.6) is 0 Å². The fraction of sp³-hybridized carbons (Fsp3) is 0.652. The van der Waals surface area contributed by atoms with E-state index in [4.69, 9.17) is 0 Å². The number of benzene rings is 1. The first-order valence-corrected chi connectivity index (χ1v) is 11.0. The van der Waals surface area contributed by atoms with Crippen LogP contribution in [0.25, 0.3) is 0 Å². The minimum atomic E-state index is 0.140. The van der Waals surface area contributed by atoms with Crippen LogP contribution in [0, 0.1) is 23.7 Å². The zero-order chi connectivity index (χ0) is 19.5. The summed E-state index contributed by atoms with van der Waals surface area (Å²) in [6, 6.07) is 8.55. The number of fused-ring (bicyclic) bond motifs is 1. The number of carbonyl (C=O) groups excluding carboxylic acids is 2. The van der Waals surface area contributed by atoms with Gasteiger partial charge in [-0.15, -0.1) is 0 Å². The minimum Gasteiger partial charge on any atom is -0.369 e. The molecule has 1 heterocycles. The summed E-state index contributed by atoms with van der Waals surface area (Å²) in [6.07, 6.45) is 6.11. The molecule has 2 atom stereocenters. The van der Waals surface area contributed by atoms with Crippen LogP contribution in [0.3, 0.4) is 0 Å². The van der Waals surface area contributed by atoms with Crippen molar-refractivity contribution >= 4 is 17.5 Å². The molecule has 0 unspecified atom stereocenters. The van der Waals surface area contributed by atoms with Gasteiger partial charge in [-0.05, 0) is 62.0 Å². The van der Waals surface area contributed by atoms with Crippen LogP contribution in [-0.4, -0.2) is 38.0 Å². The molecule has 2 aliphatic carbocycles. The predicted molar refractivity (Wildman–Crippen MR) is 111 cm³/mol. The third kappa shape index (κ3) is 4.50. The molecule has 2 fully saturated rings. The van der Waals surface area contributed by atoms with E-state index >= 15 is 0 Å². The van der Waals surface area contributed by atoms with Crippen LogP contribution in [0.4, 0.5) is 5.69 Å². The lowest BCUT2D eigenvalue weighted by Gasteiger charge is -2.28. The summed E-state index contributed by atoms with van der Waals surface area (Å²) in [5.74, 6) is 1.93. The molecule has 2 amide bonds. The van der Waals surface area contributed by atoms with Crippen LogP contribution in [0.1, 0.15) is 44.6 Å². The number of amides is 2. The van der Waals surface area contributed by atoms with Crippen molar-refractivity contribution in [1.82, 2.24) is 10.6 Å². The average Bonchev–Trinajstić information content (AvgIpc) is 3.32. The minimum absolute atomic E-state index is 0.140. The highest BCUT2D eigenvalue weighted by atomic mass is 16.2. The van der Waals surface area contributed by atoms with Crippen molar-refractivity contribution < 1.29 is 9.59 Å². The van der Waals surface area contributed by atoms with E-state index in [1.807, 2.05) is 0 Å². The van der Waals surface area contributed by atoms with Gasteiger partial charge >= 0.3 is 0 Å². The van der Waals surface area contributed by atoms with Crippen LogP contribution in [-0.2, 0) is 16.0 Å². The lowest BCUT2D eigenvalue weighted by molar-refractivity contribution is -0.126. The number of anilines is 1. The first kappa shape index (κ1) is 19.3. The summed E-state index contributed by atoms with van der Waals surface area (Å²) in [6.45, 7) is 5.56. The normalized spacial score (nSPS) is 28.5. The molecule has 4 rings (SSSR count). The van der Waals surface area contributed by atoms with Crippen molar-refractivity contribution in [3.63, 3.8) is 0 Å². The average molecular weight is 384 g/mol. The number of rotatable bonds is 7. The van der Waals surface area contributed by atoms with Gasteiger partial charge < -0.3 is 15.5 Å². The van der Waals surface area contributed by atoms with E-state index in [-0.39, 0.29) is 23.7 Å². The SMILES string of the molecule is C[C@H]1C[C@@H]1C(=O)NCC1CCC(C(=O)NCCN2CCc3ccccc32)CC1. The van der Waals surface area contributed by atoms with E-state index in [1.165, 1.54) is 11.3 Å². The number of hydrogen-bond acceptors (Lipinski definition) is 3. The van der Waals surface area contributed by atoms with Gasteiger partial charge in [-0.25, -0.2) is 0 Å². The Morgan fingerprint density at radius 3 is 2.57 bits per heavy atom. The molecular formula is C23H33N3O2. The van der Waals surface area contributed by atoms with Gasteiger partial charge in [0.05, 0.1) is 0 Å². The van der Waals surface area contributed by atoms with Gasteiger partial charge in [0.1, 0.15) is 0 Å². The van der Waals surface area contributed by atoms with Crippen molar-refractivity contribution in [2.75, 3.05) is 31.1 Å². The Bertz CT molecular complexity index is 712. The zero-order valence-corrected chi connectivity index (χ0v) is 17.0. The monoisotopic (exact) mass is 383 g/mol. The van der Waals surface area contributed by atoms with Crippen molar-refractivity contribution in [1.29, 1.82) is 0 Å². The van der Waals surface area contributed by atoms with Crippen LogP contribution >= 0.6 is 0 Å². The maximum Gasteiger partial charge on any atom is 0.223 e. The highest BCUT2D eigenvalue weighted by Crippen LogP contribution is 2.38. The van der Waals surface area contributed by atoms with E-state index in [1.54, 1.807) is 0 Å². The molecule has 1 aromatic rings. The third-order valence-corrected chi connectivity index (χ3v) is 6.89. The smallest absolute Gasteiger partial charge is 0.223 e. The molecule has 0 bridgehead atoms. The second kappa shape index (κ2) is 8.54. The fourth-order valence-corrected chi connectivity index (χ4v) is 4.79. The van der Waals surface area contributed by atoms with Gasteiger partial charge in [0, 0.05) is 43.7 Å². The summed E-state index contributed by atoms with van der Waals surface area (Å²) in [5.41, 5.74) is 2.73. The first-order valence-electron chi connectivity index (χ1n) is 11.0. The zero-order valence-electron chi connectivity index (χ0n) is 17.0. The van der Waals surface area contributed by atoms with Gasteiger partial charge in [0.15, 0.2) is 0 Å². The Morgan fingerprint density at radius 2 is 1.82 bits per heavy atom. The quantitative estimate of drug-likeness (QED) is 0.761. The van der Waals surface area contributed by atoms with Crippen molar-refractivity contribution in [3.05, 3.63) is 29.8 Å². The van der Waals surface area contributed by atoms with E-state index in [9.17, 15) is 9.59 Å². The molecule has 28 heavy (non-hydrogen) atoms. The standard InChI is InChI=1S/C23H33N3O2/c1-16-14-20(16)23(28)25-15-17-6-8-19(9-7-17)22(27)24-11-13-26-12-10-18-4-2-3-5-21(18)26/h2-5,16-17,19-20H,6-15H2,1H3,(H,24,27)(H,25,28)/t16-,17?,19?,20-/m0/s1. The van der Waals surface area contributed by atoms with Gasteiger partial charge in [-0.2, -0.15) is 0 Å². The molecule has 152 valence electrons. The van der Waals surface area contributed by atoms with E-state index in [0.29, 0.717) is 18.4 Å². The van der Waals surface area contributed by atoms with Gasteiger partial charge in [-0.1, -0.05) is 25.1 Å². The Morgan fingerprint density at radius 1 is 1.07 bits per heavy atom. The molecule has 0 saturated heterocycles.